The summed E-state index contributed by atoms with van der Waals surface area (Å²) in [5.74, 6) is 0.979. The van der Waals surface area contributed by atoms with Crippen molar-refractivity contribution in [1.82, 2.24) is 0 Å². The van der Waals surface area contributed by atoms with E-state index in [4.69, 9.17) is 21.1 Å². The minimum absolute atomic E-state index is 0.256. The lowest BCUT2D eigenvalue weighted by Crippen LogP contribution is -1.97. The van der Waals surface area contributed by atoms with Gasteiger partial charge in [0.1, 0.15) is 5.82 Å². The van der Waals surface area contributed by atoms with E-state index in [1.165, 1.54) is 6.07 Å². The molecule has 2 aromatic rings. The molecule has 2 aromatic carbocycles. The van der Waals surface area contributed by atoms with Gasteiger partial charge >= 0.3 is 0 Å². The van der Waals surface area contributed by atoms with Crippen molar-refractivity contribution in [3.8, 4) is 11.5 Å². The Morgan fingerprint density at radius 1 is 0.950 bits per heavy atom. The molecule has 20 heavy (non-hydrogen) atoms. The van der Waals surface area contributed by atoms with E-state index >= 15 is 0 Å². The number of hydrogen-bond acceptors (Lipinski definition) is 2. The SMILES string of the molecule is COc1ccc(C(Cl)c2ccc(C)c(F)c2)cc1OC. The van der Waals surface area contributed by atoms with Crippen molar-refractivity contribution >= 4 is 11.6 Å². The van der Waals surface area contributed by atoms with E-state index in [1.54, 1.807) is 39.3 Å². The molecule has 0 heterocycles. The molecule has 0 aromatic heterocycles. The standard InChI is InChI=1S/C16H16ClFO2/c1-10-4-5-11(8-13(10)18)16(17)12-6-7-14(19-2)15(9-12)20-3/h4-9,16H,1-3H3. The summed E-state index contributed by atoms with van der Waals surface area (Å²) in [5.41, 5.74) is 2.14. The second kappa shape index (κ2) is 6.14. The van der Waals surface area contributed by atoms with Crippen molar-refractivity contribution < 1.29 is 13.9 Å². The van der Waals surface area contributed by atoms with E-state index in [2.05, 4.69) is 0 Å². The number of benzene rings is 2. The molecule has 0 bridgehead atoms. The van der Waals surface area contributed by atoms with Gasteiger partial charge < -0.3 is 9.47 Å². The zero-order valence-electron chi connectivity index (χ0n) is 11.6. The second-order valence-electron chi connectivity index (χ2n) is 4.49. The Hall–Kier alpha value is -1.74. The fourth-order valence-electron chi connectivity index (χ4n) is 1.97. The molecule has 0 fully saturated rings. The maximum atomic E-state index is 13.6. The van der Waals surface area contributed by atoms with Crippen LogP contribution in [-0.2, 0) is 0 Å². The van der Waals surface area contributed by atoms with Crippen molar-refractivity contribution in [3.05, 3.63) is 58.9 Å². The van der Waals surface area contributed by atoms with Gasteiger partial charge in [0.2, 0.25) is 0 Å². The lowest BCUT2D eigenvalue weighted by atomic mass is 10.0. The first-order chi connectivity index (χ1) is 9.56. The topological polar surface area (TPSA) is 18.5 Å². The quantitative estimate of drug-likeness (QED) is 0.774. The van der Waals surface area contributed by atoms with E-state index in [9.17, 15) is 4.39 Å². The number of halogens is 2. The number of alkyl halides is 1. The van der Waals surface area contributed by atoms with Crippen LogP contribution >= 0.6 is 11.6 Å². The molecule has 0 spiro atoms. The monoisotopic (exact) mass is 294 g/mol. The molecule has 2 rings (SSSR count). The van der Waals surface area contributed by atoms with E-state index in [1.807, 2.05) is 12.1 Å². The van der Waals surface area contributed by atoms with Crippen molar-refractivity contribution in [1.29, 1.82) is 0 Å². The van der Waals surface area contributed by atoms with Crippen LogP contribution in [0, 0.1) is 12.7 Å². The Morgan fingerprint density at radius 3 is 2.15 bits per heavy atom. The molecule has 4 heteroatoms. The molecule has 0 saturated carbocycles. The summed E-state index contributed by atoms with van der Waals surface area (Å²) in [7, 11) is 3.14. The summed E-state index contributed by atoms with van der Waals surface area (Å²) in [5, 5.41) is -0.440. The van der Waals surface area contributed by atoms with E-state index < -0.39 is 5.38 Å². The smallest absolute Gasteiger partial charge is 0.161 e. The zero-order valence-corrected chi connectivity index (χ0v) is 12.4. The summed E-state index contributed by atoms with van der Waals surface area (Å²) in [6, 6.07) is 10.4. The molecule has 0 aliphatic heterocycles. The summed E-state index contributed by atoms with van der Waals surface area (Å²) >= 11 is 6.42. The molecule has 0 amide bonds. The van der Waals surface area contributed by atoms with Crippen LogP contribution in [0.4, 0.5) is 4.39 Å². The van der Waals surface area contributed by atoms with Crippen LogP contribution in [-0.4, -0.2) is 14.2 Å². The van der Waals surface area contributed by atoms with Crippen molar-refractivity contribution in [2.75, 3.05) is 14.2 Å². The first-order valence-corrected chi connectivity index (χ1v) is 6.62. The average molecular weight is 295 g/mol. The lowest BCUT2D eigenvalue weighted by Gasteiger charge is -2.14. The summed E-state index contributed by atoms with van der Waals surface area (Å²) in [6.45, 7) is 1.72. The molecular weight excluding hydrogens is 279 g/mol. The summed E-state index contributed by atoms with van der Waals surface area (Å²) < 4.78 is 24.0. The van der Waals surface area contributed by atoms with Gasteiger partial charge in [-0.25, -0.2) is 4.39 Å². The molecule has 0 saturated heterocycles. The molecule has 0 aliphatic carbocycles. The van der Waals surface area contributed by atoms with Gasteiger partial charge in [-0.05, 0) is 41.8 Å². The minimum Gasteiger partial charge on any atom is -0.493 e. The first kappa shape index (κ1) is 14.7. The highest BCUT2D eigenvalue weighted by Gasteiger charge is 2.15. The van der Waals surface area contributed by atoms with Crippen molar-refractivity contribution in [2.45, 2.75) is 12.3 Å². The van der Waals surface area contributed by atoms with Gasteiger partial charge in [0.15, 0.2) is 11.5 Å². The van der Waals surface area contributed by atoms with Crippen molar-refractivity contribution in [2.24, 2.45) is 0 Å². The lowest BCUT2D eigenvalue weighted by molar-refractivity contribution is 0.354. The molecular formula is C16H16ClFO2. The van der Waals surface area contributed by atoms with Crippen LogP contribution in [0.2, 0.25) is 0 Å². The number of rotatable bonds is 4. The van der Waals surface area contributed by atoms with Crippen LogP contribution < -0.4 is 9.47 Å². The number of aryl methyl sites for hydroxylation is 1. The Balaban J connectivity index is 2.37. The molecule has 0 radical (unpaired) electrons. The summed E-state index contributed by atoms with van der Waals surface area (Å²) in [4.78, 5) is 0. The van der Waals surface area contributed by atoms with Gasteiger partial charge in [-0.15, -0.1) is 11.6 Å². The highest BCUT2D eigenvalue weighted by Crippen LogP contribution is 2.35. The number of hydrogen-bond donors (Lipinski definition) is 0. The molecule has 2 nitrogen and oxygen atoms in total. The van der Waals surface area contributed by atoms with Crippen LogP contribution in [0.5, 0.6) is 11.5 Å². The first-order valence-electron chi connectivity index (χ1n) is 6.19. The van der Waals surface area contributed by atoms with E-state index in [0.717, 1.165) is 5.56 Å². The third-order valence-corrected chi connectivity index (χ3v) is 3.69. The Morgan fingerprint density at radius 2 is 1.55 bits per heavy atom. The number of ether oxygens (including phenoxy) is 2. The molecule has 0 aliphatic rings. The maximum Gasteiger partial charge on any atom is 0.161 e. The van der Waals surface area contributed by atoms with E-state index in [0.29, 0.717) is 22.6 Å². The Kier molecular flexibility index (Phi) is 4.50. The molecule has 106 valence electrons. The predicted octanol–water partition coefficient (Wildman–Crippen LogP) is 4.48. The molecule has 0 N–H and O–H groups in total. The van der Waals surface area contributed by atoms with Crippen LogP contribution in [0.3, 0.4) is 0 Å². The van der Waals surface area contributed by atoms with Crippen LogP contribution in [0.1, 0.15) is 22.1 Å². The Bertz CT molecular complexity index is 613. The minimum atomic E-state index is -0.440. The zero-order chi connectivity index (χ0) is 14.7. The van der Waals surface area contributed by atoms with Gasteiger partial charge in [-0.3, -0.25) is 0 Å². The van der Waals surface area contributed by atoms with Gasteiger partial charge in [0, 0.05) is 0 Å². The fourth-order valence-corrected chi connectivity index (χ4v) is 2.24. The van der Waals surface area contributed by atoms with Gasteiger partial charge in [0.25, 0.3) is 0 Å². The predicted molar refractivity (Wildman–Crippen MR) is 78.4 cm³/mol. The van der Waals surface area contributed by atoms with Crippen LogP contribution in [0.25, 0.3) is 0 Å². The van der Waals surface area contributed by atoms with Crippen molar-refractivity contribution in [3.63, 3.8) is 0 Å². The highest BCUT2D eigenvalue weighted by atomic mass is 35.5. The van der Waals surface area contributed by atoms with Gasteiger partial charge in [0.05, 0.1) is 19.6 Å². The largest absolute Gasteiger partial charge is 0.493 e. The van der Waals surface area contributed by atoms with E-state index in [-0.39, 0.29) is 5.82 Å². The Labute approximate surface area is 123 Å². The second-order valence-corrected chi connectivity index (χ2v) is 4.92. The number of methoxy groups -OCH3 is 2. The average Bonchev–Trinajstić information content (AvgIpc) is 2.48. The van der Waals surface area contributed by atoms with Crippen LogP contribution in [0.15, 0.2) is 36.4 Å². The van der Waals surface area contributed by atoms with Gasteiger partial charge in [-0.2, -0.15) is 0 Å². The molecule has 1 atom stereocenters. The fraction of sp³-hybridized carbons (Fsp3) is 0.250. The third kappa shape index (κ3) is 2.88. The summed E-state index contributed by atoms with van der Waals surface area (Å²) in [6.07, 6.45) is 0. The third-order valence-electron chi connectivity index (χ3n) is 3.19. The highest BCUT2D eigenvalue weighted by molar-refractivity contribution is 6.22. The van der Waals surface area contributed by atoms with Gasteiger partial charge in [-0.1, -0.05) is 18.2 Å². The maximum absolute atomic E-state index is 13.6. The molecule has 1 unspecified atom stereocenters. The normalized spacial score (nSPS) is 12.1.